The first-order valence-corrected chi connectivity index (χ1v) is 9.45. The van der Waals surface area contributed by atoms with Gasteiger partial charge in [-0.15, -0.1) is 11.3 Å². The number of thiophene rings is 1. The van der Waals surface area contributed by atoms with E-state index < -0.39 is 5.97 Å². The Bertz CT molecular complexity index is 1090. The van der Waals surface area contributed by atoms with Crippen LogP contribution in [-0.2, 0) is 6.54 Å². The van der Waals surface area contributed by atoms with Gasteiger partial charge in [0.05, 0.1) is 11.2 Å². The molecule has 0 saturated heterocycles. The number of aromatic nitrogens is 2. The molecule has 0 amide bonds. The summed E-state index contributed by atoms with van der Waals surface area (Å²) in [7, 11) is 0. The molecule has 2 aromatic carbocycles. The lowest BCUT2D eigenvalue weighted by molar-refractivity contribution is 0.0699. The zero-order valence-corrected chi connectivity index (χ0v) is 15.1. The van der Waals surface area contributed by atoms with Crippen molar-refractivity contribution in [1.29, 1.82) is 0 Å². The third kappa shape index (κ3) is 3.18. The number of aromatic hydroxyl groups is 1. The molecule has 0 radical (unpaired) electrons. The Morgan fingerprint density at radius 1 is 1.23 bits per heavy atom. The number of aromatic carboxylic acids is 1. The molecular weight excluding hydrogens is 368 g/mol. The van der Waals surface area contributed by atoms with Crippen LogP contribution in [0.1, 0.15) is 15.2 Å². The van der Waals surface area contributed by atoms with E-state index in [9.17, 15) is 15.0 Å². The fourth-order valence-corrected chi connectivity index (χ4v) is 5.02. The van der Waals surface area contributed by atoms with Gasteiger partial charge in [-0.25, -0.2) is 9.78 Å². The standard InChI is InChI=1S/C19H14N2O3S2/c22-14-3-1-2-4-15(14)25-17-13-6-5-12(10-21-8-7-20-11-21)9-16(13)26-18(17)19(23)24/h1-9,11,22H,10H2,(H,23,24). The normalized spacial score (nSPS) is 11.1. The van der Waals surface area contributed by atoms with E-state index in [-0.39, 0.29) is 10.6 Å². The van der Waals surface area contributed by atoms with Gasteiger partial charge in [-0.3, -0.25) is 0 Å². The molecule has 2 N–H and O–H groups in total. The number of nitrogens with zero attached hydrogens (tertiary/aromatic N) is 2. The number of fused-ring (bicyclic) bond motifs is 1. The second-order valence-electron chi connectivity index (χ2n) is 5.70. The number of benzene rings is 2. The summed E-state index contributed by atoms with van der Waals surface area (Å²) in [6, 6.07) is 12.9. The molecule has 0 aliphatic rings. The maximum absolute atomic E-state index is 11.7. The molecule has 130 valence electrons. The van der Waals surface area contributed by atoms with Gasteiger partial charge in [0.1, 0.15) is 10.6 Å². The van der Waals surface area contributed by atoms with E-state index >= 15 is 0 Å². The molecule has 0 unspecified atom stereocenters. The molecule has 0 atom stereocenters. The number of carbonyl (C=O) groups is 1. The fraction of sp³-hybridized carbons (Fsp3) is 0.0526. The van der Waals surface area contributed by atoms with Gasteiger partial charge in [-0.2, -0.15) is 0 Å². The molecule has 0 spiro atoms. The molecule has 2 heterocycles. The van der Waals surface area contributed by atoms with Crippen LogP contribution in [0.2, 0.25) is 0 Å². The fourth-order valence-electron chi connectivity index (χ4n) is 2.70. The predicted octanol–water partition coefficient (Wildman–Crippen LogP) is 4.70. The number of hydrogen-bond donors (Lipinski definition) is 2. The van der Waals surface area contributed by atoms with E-state index in [0.29, 0.717) is 16.3 Å². The van der Waals surface area contributed by atoms with Crippen LogP contribution in [0.4, 0.5) is 0 Å². The summed E-state index contributed by atoms with van der Waals surface area (Å²) in [5.74, 6) is -0.815. The molecule has 0 saturated carbocycles. The Balaban J connectivity index is 1.77. The predicted molar refractivity (Wildman–Crippen MR) is 102 cm³/mol. The smallest absolute Gasteiger partial charge is 0.347 e. The van der Waals surface area contributed by atoms with Crippen molar-refractivity contribution < 1.29 is 15.0 Å². The van der Waals surface area contributed by atoms with Crippen molar-refractivity contribution in [2.45, 2.75) is 16.3 Å². The maximum atomic E-state index is 11.7. The van der Waals surface area contributed by atoms with E-state index in [1.165, 1.54) is 23.1 Å². The van der Waals surface area contributed by atoms with E-state index in [2.05, 4.69) is 4.98 Å². The molecule has 26 heavy (non-hydrogen) atoms. The highest BCUT2D eigenvalue weighted by atomic mass is 32.2. The highest BCUT2D eigenvalue weighted by Crippen LogP contribution is 2.44. The third-order valence-corrected chi connectivity index (χ3v) is 6.37. The number of carboxylic acid groups (broad SMARTS) is 1. The quantitative estimate of drug-likeness (QED) is 0.523. The Morgan fingerprint density at radius 2 is 2.08 bits per heavy atom. The molecule has 7 heteroatoms. The van der Waals surface area contributed by atoms with E-state index in [0.717, 1.165) is 15.6 Å². The van der Waals surface area contributed by atoms with Gasteiger partial charge in [-0.05, 0) is 23.8 Å². The van der Waals surface area contributed by atoms with Crippen molar-refractivity contribution in [3.8, 4) is 5.75 Å². The zero-order chi connectivity index (χ0) is 18.1. The Hall–Kier alpha value is -2.77. The number of carboxylic acids is 1. The van der Waals surface area contributed by atoms with Crippen molar-refractivity contribution >= 4 is 39.2 Å². The number of para-hydroxylation sites is 1. The summed E-state index contributed by atoms with van der Waals surface area (Å²) in [5.41, 5.74) is 1.08. The highest BCUT2D eigenvalue weighted by molar-refractivity contribution is 8.00. The van der Waals surface area contributed by atoms with Crippen molar-refractivity contribution in [3.63, 3.8) is 0 Å². The van der Waals surface area contributed by atoms with Gasteiger partial charge in [0, 0.05) is 33.9 Å². The molecule has 0 aliphatic carbocycles. The van der Waals surface area contributed by atoms with Crippen molar-refractivity contribution in [3.05, 3.63) is 71.6 Å². The summed E-state index contributed by atoms with van der Waals surface area (Å²) < 4.78 is 2.88. The zero-order valence-electron chi connectivity index (χ0n) is 13.5. The molecule has 4 rings (SSSR count). The molecule has 4 aromatic rings. The second kappa shape index (κ2) is 6.86. The monoisotopic (exact) mass is 382 g/mol. The lowest BCUT2D eigenvalue weighted by Gasteiger charge is -2.05. The summed E-state index contributed by atoms with van der Waals surface area (Å²) in [4.78, 5) is 17.3. The number of phenols is 1. The van der Waals surface area contributed by atoms with Gasteiger partial charge >= 0.3 is 5.97 Å². The van der Waals surface area contributed by atoms with E-state index in [1.807, 2.05) is 35.0 Å². The summed E-state index contributed by atoms with van der Waals surface area (Å²) in [5, 5.41) is 20.5. The number of rotatable bonds is 5. The van der Waals surface area contributed by atoms with Gasteiger partial charge in [-0.1, -0.05) is 36.0 Å². The van der Waals surface area contributed by atoms with Crippen LogP contribution in [0, 0.1) is 0 Å². The second-order valence-corrected chi connectivity index (χ2v) is 7.81. The maximum Gasteiger partial charge on any atom is 0.347 e. The highest BCUT2D eigenvalue weighted by Gasteiger charge is 2.20. The summed E-state index contributed by atoms with van der Waals surface area (Å²) in [6.07, 6.45) is 5.37. The average Bonchev–Trinajstić information content (AvgIpc) is 3.25. The molecule has 2 aromatic heterocycles. The molecule has 0 aliphatic heterocycles. The molecular formula is C19H14N2O3S2. The third-order valence-electron chi connectivity index (χ3n) is 3.90. The van der Waals surface area contributed by atoms with E-state index in [4.69, 9.17) is 0 Å². The van der Waals surface area contributed by atoms with Crippen LogP contribution in [0.5, 0.6) is 5.75 Å². The lowest BCUT2D eigenvalue weighted by Crippen LogP contribution is -1.95. The van der Waals surface area contributed by atoms with Crippen LogP contribution in [-0.4, -0.2) is 25.7 Å². The Labute approximate surface area is 157 Å². The number of hydrogen-bond acceptors (Lipinski definition) is 5. The Morgan fingerprint density at radius 3 is 2.81 bits per heavy atom. The minimum absolute atomic E-state index is 0.143. The topological polar surface area (TPSA) is 75.3 Å². The SMILES string of the molecule is O=C(O)c1sc2cc(Cn3ccnc3)ccc2c1Sc1ccccc1O. The number of imidazole rings is 1. The first kappa shape index (κ1) is 16.7. The Kier molecular flexibility index (Phi) is 4.40. The van der Waals surface area contributed by atoms with Crippen LogP contribution < -0.4 is 0 Å². The summed E-state index contributed by atoms with van der Waals surface area (Å²) in [6.45, 7) is 0.679. The minimum atomic E-state index is -0.958. The van der Waals surface area contributed by atoms with Crippen LogP contribution >= 0.6 is 23.1 Å². The van der Waals surface area contributed by atoms with Gasteiger partial charge < -0.3 is 14.8 Å². The van der Waals surface area contributed by atoms with Crippen LogP contribution in [0.3, 0.4) is 0 Å². The van der Waals surface area contributed by atoms with Gasteiger partial charge in [0.15, 0.2) is 0 Å². The average molecular weight is 382 g/mol. The summed E-state index contributed by atoms with van der Waals surface area (Å²) >= 11 is 2.54. The molecule has 5 nitrogen and oxygen atoms in total. The van der Waals surface area contributed by atoms with E-state index in [1.54, 1.807) is 30.7 Å². The van der Waals surface area contributed by atoms with Crippen LogP contribution in [0.15, 0.2) is 71.0 Å². The first-order chi connectivity index (χ1) is 12.6. The van der Waals surface area contributed by atoms with Crippen molar-refractivity contribution in [2.24, 2.45) is 0 Å². The lowest BCUT2D eigenvalue weighted by atomic mass is 10.1. The number of phenolic OH excluding ortho intramolecular Hbond substituents is 1. The molecule has 0 bridgehead atoms. The largest absolute Gasteiger partial charge is 0.507 e. The molecule has 0 fully saturated rings. The van der Waals surface area contributed by atoms with Gasteiger partial charge in [0.2, 0.25) is 0 Å². The van der Waals surface area contributed by atoms with Gasteiger partial charge in [0.25, 0.3) is 0 Å². The minimum Gasteiger partial charge on any atom is -0.507 e. The van der Waals surface area contributed by atoms with Crippen molar-refractivity contribution in [2.75, 3.05) is 0 Å². The van der Waals surface area contributed by atoms with Crippen LogP contribution in [0.25, 0.3) is 10.1 Å². The van der Waals surface area contributed by atoms with Crippen molar-refractivity contribution in [1.82, 2.24) is 9.55 Å². The first-order valence-electron chi connectivity index (χ1n) is 7.82.